The molecule has 1 aliphatic rings. The van der Waals surface area contributed by atoms with E-state index in [2.05, 4.69) is 5.32 Å². The van der Waals surface area contributed by atoms with Crippen LogP contribution in [0, 0.1) is 0 Å². The highest BCUT2D eigenvalue weighted by molar-refractivity contribution is 7.92. The summed E-state index contributed by atoms with van der Waals surface area (Å²) in [6, 6.07) is 8.16. The van der Waals surface area contributed by atoms with E-state index in [-0.39, 0.29) is 12.1 Å². The first kappa shape index (κ1) is 19.0. The van der Waals surface area contributed by atoms with Crippen molar-refractivity contribution in [2.24, 2.45) is 0 Å². The van der Waals surface area contributed by atoms with Gasteiger partial charge in [-0.05, 0) is 48.7 Å². The largest absolute Gasteiger partial charge is 0.467 e. The lowest BCUT2D eigenvalue weighted by atomic mass is 10.0. The van der Waals surface area contributed by atoms with Crippen molar-refractivity contribution < 1.29 is 27.2 Å². The Kier molecular flexibility index (Phi) is 5.50. The molecule has 3 rings (SSSR count). The summed E-state index contributed by atoms with van der Waals surface area (Å²) in [6.07, 6.45) is 4.01. The number of rotatable bonds is 6. The zero-order chi connectivity index (χ0) is 19.4. The minimum atomic E-state index is -3.36. The number of furan rings is 1. The van der Waals surface area contributed by atoms with E-state index < -0.39 is 28.5 Å². The third-order valence-electron chi connectivity index (χ3n) is 4.17. The number of benzene rings is 1. The fourth-order valence-corrected chi connectivity index (χ4v) is 3.89. The zero-order valence-electron chi connectivity index (χ0n) is 14.8. The number of carbonyl (C=O) groups excluding carboxylic acids is 2. The second kappa shape index (κ2) is 7.83. The number of ether oxygens (including phenoxy) is 1. The maximum absolute atomic E-state index is 12.2. The van der Waals surface area contributed by atoms with Crippen molar-refractivity contribution in [2.75, 3.05) is 23.7 Å². The highest BCUT2D eigenvalue weighted by Gasteiger charge is 2.25. The Morgan fingerprint density at radius 3 is 2.81 bits per heavy atom. The Morgan fingerprint density at radius 1 is 1.30 bits per heavy atom. The Balaban J connectivity index is 1.60. The van der Waals surface area contributed by atoms with Gasteiger partial charge in [0.25, 0.3) is 5.91 Å². The summed E-state index contributed by atoms with van der Waals surface area (Å²) in [6.45, 7) is 0.223. The van der Waals surface area contributed by atoms with Crippen LogP contribution in [-0.2, 0) is 32.5 Å². The van der Waals surface area contributed by atoms with Crippen LogP contribution >= 0.6 is 0 Å². The van der Waals surface area contributed by atoms with Gasteiger partial charge >= 0.3 is 5.97 Å². The highest BCUT2D eigenvalue weighted by atomic mass is 32.2. The van der Waals surface area contributed by atoms with Crippen molar-refractivity contribution in [2.45, 2.75) is 19.4 Å². The summed E-state index contributed by atoms with van der Waals surface area (Å²) in [7, 11) is -3.36. The van der Waals surface area contributed by atoms with Crippen molar-refractivity contribution in [3.8, 4) is 0 Å². The van der Waals surface area contributed by atoms with E-state index in [1.807, 2.05) is 0 Å². The van der Waals surface area contributed by atoms with Gasteiger partial charge in [-0.25, -0.2) is 13.2 Å². The molecule has 0 fully saturated rings. The van der Waals surface area contributed by atoms with E-state index in [9.17, 15) is 18.0 Å². The molecule has 8 nitrogen and oxygen atoms in total. The lowest BCUT2D eigenvalue weighted by Crippen LogP contribution is -2.34. The SMILES string of the molecule is CS(=O)(=O)N1CCCc2cc(C(=O)OCC(=O)NCc3ccco3)ccc21. The molecule has 0 unspecified atom stereocenters. The third-order valence-corrected chi connectivity index (χ3v) is 5.35. The molecular formula is C18H20N2O6S. The molecule has 9 heteroatoms. The molecule has 0 bridgehead atoms. The molecule has 0 saturated heterocycles. The molecule has 1 N–H and O–H groups in total. The molecule has 2 aromatic rings. The van der Waals surface area contributed by atoms with Crippen LogP contribution in [0.3, 0.4) is 0 Å². The van der Waals surface area contributed by atoms with Crippen LogP contribution in [-0.4, -0.2) is 39.7 Å². The first-order valence-corrected chi connectivity index (χ1v) is 10.3. The first-order chi connectivity index (χ1) is 12.8. The van der Waals surface area contributed by atoms with Crippen LogP contribution in [0.2, 0.25) is 0 Å². The van der Waals surface area contributed by atoms with Gasteiger partial charge in [-0.3, -0.25) is 9.10 Å². The summed E-state index contributed by atoms with van der Waals surface area (Å²) in [5, 5.41) is 2.58. The molecule has 0 radical (unpaired) electrons. The highest BCUT2D eigenvalue weighted by Crippen LogP contribution is 2.30. The smallest absolute Gasteiger partial charge is 0.338 e. The fraction of sp³-hybridized carbons (Fsp3) is 0.333. The number of carbonyl (C=O) groups is 2. The topological polar surface area (TPSA) is 106 Å². The van der Waals surface area contributed by atoms with Gasteiger partial charge in [-0.2, -0.15) is 0 Å². The molecule has 144 valence electrons. The standard InChI is InChI=1S/C18H20N2O6S/c1-27(23,24)20-8-2-4-13-10-14(6-7-16(13)20)18(22)26-12-17(21)19-11-15-5-3-9-25-15/h3,5-7,9-10H,2,4,8,11-12H2,1H3,(H,19,21). The predicted octanol–water partition coefficient (Wildman–Crippen LogP) is 1.47. The first-order valence-electron chi connectivity index (χ1n) is 8.41. The summed E-state index contributed by atoms with van der Waals surface area (Å²) in [4.78, 5) is 24.0. The van der Waals surface area contributed by atoms with E-state index in [0.717, 1.165) is 11.8 Å². The van der Waals surface area contributed by atoms with Gasteiger partial charge in [0.1, 0.15) is 5.76 Å². The van der Waals surface area contributed by atoms with Gasteiger partial charge in [0.2, 0.25) is 10.0 Å². The van der Waals surface area contributed by atoms with Crippen molar-refractivity contribution in [3.05, 3.63) is 53.5 Å². The fourth-order valence-electron chi connectivity index (χ4n) is 2.90. The summed E-state index contributed by atoms with van der Waals surface area (Å²) < 4.78 is 35.2. The monoisotopic (exact) mass is 392 g/mol. The molecule has 0 saturated carbocycles. The van der Waals surface area contributed by atoms with Gasteiger partial charge in [0.05, 0.1) is 30.3 Å². The predicted molar refractivity (Wildman–Crippen MR) is 97.8 cm³/mol. The van der Waals surface area contributed by atoms with E-state index in [4.69, 9.17) is 9.15 Å². The van der Waals surface area contributed by atoms with E-state index in [0.29, 0.717) is 30.8 Å². The number of fused-ring (bicyclic) bond motifs is 1. The summed E-state index contributed by atoms with van der Waals surface area (Å²) >= 11 is 0. The number of hydrogen-bond donors (Lipinski definition) is 1. The Morgan fingerprint density at radius 2 is 2.11 bits per heavy atom. The van der Waals surface area contributed by atoms with Gasteiger partial charge < -0.3 is 14.5 Å². The van der Waals surface area contributed by atoms with Crippen LogP contribution in [0.4, 0.5) is 5.69 Å². The van der Waals surface area contributed by atoms with Crippen molar-refractivity contribution >= 4 is 27.6 Å². The lowest BCUT2D eigenvalue weighted by Gasteiger charge is -2.29. The van der Waals surface area contributed by atoms with Crippen LogP contribution in [0.1, 0.15) is 28.1 Å². The van der Waals surface area contributed by atoms with Crippen LogP contribution in [0.25, 0.3) is 0 Å². The molecule has 0 atom stereocenters. The quantitative estimate of drug-likeness (QED) is 0.746. The molecule has 1 amide bonds. The second-order valence-corrected chi connectivity index (χ2v) is 8.12. The average Bonchev–Trinajstić information content (AvgIpc) is 3.16. The number of anilines is 1. The Hall–Kier alpha value is -2.81. The Bertz CT molecular complexity index is 937. The molecule has 0 aliphatic carbocycles. The van der Waals surface area contributed by atoms with Gasteiger partial charge in [-0.15, -0.1) is 0 Å². The number of hydrogen-bond acceptors (Lipinski definition) is 6. The molecule has 1 aromatic heterocycles. The van der Waals surface area contributed by atoms with Gasteiger partial charge in [0.15, 0.2) is 6.61 Å². The summed E-state index contributed by atoms with van der Waals surface area (Å²) in [5.41, 5.74) is 1.63. The molecule has 2 heterocycles. The number of nitrogens with one attached hydrogen (secondary N) is 1. The molecule has 1 aromatic carbocycles. The normalized spacial score (nSPS) is 13.7. The number of esters is 1. The second-order valence-electron chi connectivity index (χ2n) is 6.21. The van der Waals surface area contributed by atoms with Crippen LogP contribution in [0.5, 0.6) is 0 Å². The number of amides is 1. The average molecular weight is 392 g/mol. The van der Waals surface area contributed by atoms with Crippen molar-refractivity contribution in [1.82, 2.24) is 5.32 Å². The summed E-state index contributed by atoms with van der Waals surface area (Å²) in [5.74, 6) is -0.483. The minimum absolute atomic E-state index is 0.212. The number of aryl methyl sites for hydroxylation is 1. The molecular weight excluding hydrogens is 372 g/mol. The van der Waals surface area contributed by atoms with Crippen LogP contribution in [0.15, 0.2) is 41.0 Å². The van der Waals surface area contributed by atoms with Crippen molar-refractivity contribution in [1.29, 1.82) is 0 Å². The molecule has 1 aliphatic heterocycles. The molecule has 27 heavy (non-hydrogen) atoms. The van der Waals surface area contributed by atoms with Crippen LogP contribution < -0.4 is 9.62 Å². The maximum Gasteiger partial charge on any atom is 0.338 e. The lowest BCUT2D eigenvalue weighted by molar-refractivity contribution is -0.124. The van der Waals surface area contributed by atoms with Gasteiger partial charge in [-0.1, -0.05) is 0 Å². The third kappa shape index (κ3) is 4.68. The minimum Gasteiger partial charge on any atom is -0.467 e. The molecule has 0 spiro atoms. The van der Waals surface area contributed by atoms with E-state index in [1.165, 1.54) is 16.6 Å². The Labute approximate surface area is 157 Å². The van der Waals surface area contributed by atoms with E-state index in [1.54, 1.807) is 24.3 Å². The van der Waals surface area contributed by atoms with Gasteiger partial charge in [0, 0.05) is 6.54 Å². The number of nitrogens with zero attached hydrogens (tertiary/aromatic N) is 1. The van der Waals surface area contributed by atoms with E-state index >= 15 is 0 Å². The maximum atomic E-state index is 12.2. The zero-order valence-corrected chi connectivity index (χ0v) is 15.6. The number of sulfonamides is 1. The van der Waals surface area contributed by atoms with Crippen molar-refractivity contribution in [3.63, 3.8) is 0 Å².